The third-order valence-corrected chi connectivity index (χ3v) is 7.09. The first kappa shape index (κ1) is 23.6. The van der Waals surface area contributed by atoms with Crippen LogP contribution < -0.4 is 10.9 Å². The van der Waals surface area contributed by atoms with Crippen LogP contribution in [-0.2, 0) is 7.05 Å². The van der Waals surface area contributed by atoms with Gasteiger partial charge in [-0.1, -0.05) is 18.7 Å². The number of nitrogens with one attached hydrogen (secondary N) is 1. The largest absolute Gasteiger partial charge is 0.334 e. The van der Waals surface area contributed by atoms with E-state index in [1.165, 1.54) is 0 Å². The number of anilines is 1. The number of hydrogen-bond donors (Lipinski definition) is 1. The average molecular weight is 503 g/mol. The summed E-state index contributed by atoms with van der Waals surface area (Å²) in [6.07, 6.45) is 10.9. The van der Waals surface area contributed by atoms with Crippen molar-refractivity contribution in [1.82, 2.24) is 19.1 Å². The minimum Gasteiger partial charge on any atom is -0.334 e. The van der Waals surface area contributed by atoms with Crippen molar-refractivity contribution in [2.45, 2.75) is 37.6 Å². The lowest BCUT2D eigenvalue weighted by atomic mass is 9.96. The second kappa shape index (κ2) is 9.27. The maximum absolute atomic E-state index is 13.4. The van der Waals surface area contributed by atoms with Gasteiger partial charge >= 0.3 is 0 Å². The number of aromatic nitrogens is 4. The van der Waals surface area contributed by atoms with E-state index in [9.17, 15) is 14.9 Å². The van der Waals surface area contributed by atoms with Gasteiger partial charge in [0, 0.05) is 48.9 Å². The number of pyridine rings is 2. The molecule has 2 saturated carbocycles. The van der Waals surface area contributed by atoms with Crippen LogP contribution in [0.5, 0.6) is 0 Å². The van der Waals surface area contributed by atoms with E-state index in [0.29, 0.717) is 17.3 Å². The number of amides is 1. The molecule has 0 atom stereocenters. The molecule has 1 N–H and O–H groups in total. The summed E-state index contributed by atoms with van der Waals surface area (Å²) < 4.78 is 3.55. The summed E-state index contributed by atoms with van der Waals surface area (Å²) in [7, 11) is 1.91. The molecule has 1 amide bonds. The quantitative estimate of drug-likeness (QED) is 0.370. The smallest absolute Gasteiger partial charge is 0.263 e. The molecule has 0 saturated heterocycles. The van der Waals surface area contributed by atoms with Crippen LogP contribution in [0.25, 0.3) is 28.6 Å². The maximum atomic E-state index is 13.4. The van der Waals surface area contributed by atoms with Crippen LogP contribution in [0, 0.1) is 11.3 Å². The Labute approximate surface area is 219 Å². The Kier molecular flexibility index (Phi) is 5.76. The number of imidazole rings is 1. The number of rotatable bonds is 7. The lowest BCUT2D eigenvalue weighted by Gasteiger charge is -2.14. The molecule has 0 unspecified atom stereocenters. The Bertz CT molecular complexity index is 1700. The van der Waals surface area contributed by atoms with Crippen molar-refractivity contribution in [2.75, 3.05) is 5.32 Å². The number of carbonyl (C=O) groups excluding carboxylic acids is 1. The van der Waals surface area contributed by atoms with Gasteiger partial charge in [0.15, 0.2) is 0 Å². The highest BCUT2D eigenvalue weighted by molar-refractivity contribution is 6.04. The molecule has 8 nitrogen and oxygen atoms in total. The Balaban J connectivity index is 1.43. The van der Waals surface area contributed by atoms with E-state index in [4.69, 9.17) is 4.98 Å². The fraction of sp³-hybridized carbons (Fsp3) is 0.233. The maximum Gasteiger partial charge on any atom is 0.263 e. The third-order valence-electron chi connectivity index (χ3n) is 7.09. The summed E-state index contributed by atoms with van der Waals surface area (Å²) in [5.74, 6) is 0.945. The topological polar surface area (TPSA) is 106 Å². The fourth-order valence-corrected chi connectivity index (χ4v) is 4.74. The molecule has 2 aliphatic carbocycles. The number of carbonyl (C=O) groups is 1. The number of hydrogen-bond acceptors (Lipinski definition) is 5. The van der Waals surface area contributed by atoms with Crippen LogP contribution in [0.1, 0.15) is 64.8 Å². The van der Waals surface area contributed by atoms with Crippen LogP contribution in [0.2, 0.25) is 0 Å². The first-order valence-corrected chi connectivity index (χ1v) is 12.7. The van der Waals surface area contributed by atoms with Gasteiger partial charge in [0.05, 0.1) is 11.6 Å². The highest BCUT2D eigenvalue weighted by Crippen LogP contribution is 2.42. The number of benzene rings is 1. The molecule has 2 aliphatic rings. The molecule has 188 valence electrons. The van der Waals surface area contributed by atoms with Gasteiger partial charge in [-0.25, -0.2) is 9.97 Å². The summed E-state index contributed by atoms with van der Waals surface area (Å²) >= 11 is 0. The van der Waals surface area contributed by atoms with E-state index in [0.717, 1.165) is 59.5 Å². The van der Waals surface area contributed by atoms with Gasteiger partial charge in [0.1, 0.15) is 17.2 Å². The molecule has 0 aliphatic heterocycles. The van der Waals surface area contributed by atoms with Crippen molar-refractivity contribution in [1.29, 1.82) is 5.26 Å². The summed E-state index contributed by atoms with van der Waals surface area (Å²) in [6.45, 7) is 3.81. The SMILES string of the molecule is C=Cc1cc(C(=O)Nc2cc(-c3ccc(C#N)cc3-c3nccn3C)cc(C3CC3)n2)c(=O)n(C2CC2)c1. The number of nitriles is 1. The van der Waals surface area contributed by atoms with Gasteiger partial charge < -0.3 is 14.5 Å². The highest BCUT2D eigenvalue weighted by atomic mass is 16.2. The van der Waals surface area contributed by atoms with E-state index >= 15 is 0 Å². The average Bonchev–Trinajstić information content (AvgIpc) is 3.86. The minimum absolute atomic E-state index is 0.0709. The molecule has 38 heavy (non-hydrogen) atoms. The van der Waals surface area contributed by atoms with Crippen LogP contribution in [-0.4, -0.2) is 25.0 Å². The fourth-order valence-electron chi connectivity index (χ4n) is 4.74. The molecule has 4 aromatic rings. The predicted octanol–water partition coefficient (Wildman–Crippen LogP) is 5.29. The van der Waals surface area contributed by atoms with Crippen molar-refractivity contribution in [3.63, 3.8) is 0 Å². The van der Waals surface area contributed by atoms with Gasteiger partial charge in [-0.15, -0.1) is 0 Å². The van der Waals surface area contributed by atoms with Crippen molar-refractivity contribution in [2.24, 2.45) is 7.05 Å². The Morgan fingerprint density at radius 3 is 2.63 bits per heavy atom. The van der Waals surface area contributed by atoms with E-state index in [2.05, 4.69) is 22.9 Å². The lowest BCUT2D eigenvalue weighted by Crippen LogP contribution is -2.29. The van der Waals surface area contributed by atoms with Gasteiger partial charge in [-0.3, -0.25) is 9.59 Å². The van der Waals surface area contributed by atoms with Gasteiger partial charge in [0.25, 0.3) is 11.5 Å². The van der Waals surface area contributed by atoms with Crippen LogP contribution in [0.3, 0.4) is 0 Å². The highest BCUT2D eigenvalue weighted by Gasteiger charge is 2.28. The Hall–Kier alpha value is -4.77. The first-order chi connectivity index (χ1) is 18.4. The summed E-state index contributed by atoms with van der Waals surface area (Å²) in [5.41, 5.74) is 4.46. The zero-order valence-corrected chi connectivity index (χ0v) is 21.0. The molecule has 8 heteroatoms. The lowest BCUT2D eigenvalue weighted by molar-refractivity contribution is 0.102. The summed E-state index contributed by atoms with van der Waals surface area (Å²) in [6, 6.07) is 13.3. The van der Waals surface area contributed by atoms with Crippen LogP contribution in [0.15, 0.2) is 66.4 Å². The van der Waals surface area contributed by atoms with Crippen molar-refractivity contribution in [3.05, 3.63) is 94.3 Å². The summed E-state index contributed by atoms with van der Waals surface area (Å²) in [5, 5.41) is 12.4. The van der Waals surface area contributed by atoms with Crippen LogP contribution in [0.4, 0.5) is 5.82 Å². The number of nitrogens with zero attached hydrogens (tertiary/aromatic N) is 5. The van der Waals surface area contributed by atoms with E-state index in [1.54, 1.807) is 35.2 Å². The normalized spacial score (nSPS) is 14.6. The monoisotopic (exact) mass is 502 g/mol. The molecule has 0 bridgehead atoms. The molecule has 1 aromatic carbocycles. The van der Waals surface area contributed by atoms with Gasteiger partial charge in [-0.2, -0.15) is 5.26 Å². The first-order valence-electron chi connectivity index (χ1n) is 12.7. The molecule has 2 fully saturated rings. The molecule has 3 aromatic heterocycles. The molecule has 3 heterocycles. The number of aryl methyl sites for hydroxylation is 1. The Morgan fingerprint density at radius 1 is 1.16 bits per heavy atom. The standard InChI is InChI=1S/C30H26N6O2/c1-3-18-12-25(30(38)36(17-18)22-7-8-22)29(37)34-27-15-21(14-26(33-27)20-5-6-20)23-9-4-19(16-31)13-24(23)28-32-10-11-35(28)2/h3-4,9-15,17,20,22H,1,5-8H2,2H3,(H,33,34,37). The van der Waals surface area contributed by atoms with E-state index < -0.39 is 5.91 Å². The second-order valence-electron chi connectivity index (χ2n) is 9.96. The summed E-state index contributed by atoms with van der Waals surface area (Å²) in [4.78, 5) is 35.7. The minimum atomic E-state index is -0.497. The van der Waals surface area contributed by atoms with E-state index in [-0.39, 0.29) is 17.2 Å². The zero-order chi connectivity index (χ0) is 26.4. The van der Waals surface area contributed by atoms with Gasteiger partial charge in [0.2, 0.25) is 0 Å². The van der Waals surface area contributed by atoms with E-state index in [1.807, 2.05) is 42.1 Å². The molecular weight excluding hydrogens is 476 g/mol. The second-order valence-corrected chi connectivity index (χ2v) is 9.96. The van der Waals surface area contributed by atoms with Gasteiger partial charge in [-0.05, 0) is 72.7 Å². The predicted molar refractivity (Wildman–Crippen MR) is 146 cm³/mol. The van der Waals surface area contributed by atoms with Crippen molar-refractivity contribution in [3.8, 4) is 28.6 Å². The zero-order valence-electron chi connectivity index (χ0n) is 21.0. The van der Waals surface area contributed by atoms with Crippen LogP contribution >= 0.6 is 0 Å². The Morgan fingerprint density at radius 2 is 1.97 bits per heavy atom. The van der Waals surface area contributed by atoms with Crippen molar-refractivity contribution < 1.29 is 4.79 Å². The molecular formula is C30H26N6O2. The van der Waals surface area contributed by atoms with Crippen molar-refractivity contribution >= 4 is 17.8 Å². The third kappa shape index (κ3) is 4.43. The molecule has 0 spiro atoms. The molecule has 6 rings (SSSR count). The molecule has 0 radical (unpaired) electrons.